The Hall–Kier alpha value is -1.73. The Bertz CT molecular complexity index is 519. The fourth-order valence-electron chi connectivity index (χ4n) is 2.52. The summed E-state index contributed by atoms with van der Waals surface area (Å²) in [4.78, 5) is 28.8. The summed E-state index contributed by atoms with van der Waals surface area (Å²) in [6, 6.07) is 10.2. The number of nitrogens with one attached hydrogen (secondary N) is 2. The SMILES string of the molecule is CCNC(=O)CN1CCN(C(=O)NCCSc2ccccc2)CC1. The first-order valence-electron chi connectivity index (χ1n) is 8.38. The van der Waals surface area contributed by atoms with Crippen LogP contribution in [-0.4, -0.2) is 73.3 Å². The topological polar surface area (TPSA) is 64.7 Å². The molecule has 6 nitrogen and oxygen atoms in total. The van der Waals surface area contributed by atoms with Gasteiger partial charge in [0.25, 0.3) is 0 Å². The molecule has 0 unspecified atom stereocenters. The molecule has 1 aromatic carbocycles. The molecule has 2 rings (SSSR count). The lowest BCUT2D eigenvalue weighted by molar-refractivity contribution is -0.122. The van der Waals surface area contributed by atoms with E-state index in [4.69, 9.17) is 0 Å². The van der Waals surface area contributed by atoms with Crippen LogP contribution < -0.4 is 10.6 Å². The van der Waals surface area contributed by atoms with Crippen molar-refractivity contribution in [1.82, 2.24) is 20.4 Å². The van der Waals surface area contributed by atoms with Gasteiger partial charge in [-0.3, -0.25) is 9.69 Å². The number of nitrogens with zero attached hydrogens (tertiary/aromatic N) is 2. The molecule has 7 heteroatoms. The first-order valence-corrected chi connectivity index (χ1v) is 9.37. The van der Waals surface area contributed by atoms with Crippen molar-refractivity contribution in [3.63, 3.8) is 0 Å². The van der Waals surface area contributed by atoms with E-state index in [9.17, 15) is 9.59 Å². The van der Waals surface area contributed by atoms with E-state index in [1.54, 1.807) is 11.8 Å². The third-order valence-corrected chi connectivity index (χ3v) is 4.80. The highest BCUT2D eigenvalue weighted by Gasteiger charge is 2.21. The van der Waals surface area contributed by atoms with Crippen molar-refractivity contribution in [2.45, 2.75) is 11.8 Å². The number of amides is 3. The number of urea groups is 1. The van der Waals surface area contributed by atoms with Crippen LogP contribution in [0.2, 0.25) is 0 Å². The van der Waals surface area contributed by atoms with E-state index in [0.717, 1.165) is 18.8 Å². The van der Waals surface area contributed by atoms with E-state index in [0.29, 0.717) is 32.7 Å². The second-order valence-electron chi connectivity index (χ2n) is 5.61. The standard InChI is InChI=1S/C17H26N4O2S/c1-2-18-16(22)14-20-9-11-21(12-10-20)17(23)19-8-13-24-15-6-4-3-5-7-15/h3-7H,2,8-14H2,1H3,(H,18,22)(H,19,23). The Kier molecular flexibility index (Phi) is 7.91. The summed E-state index contributed by atoms with van der Waals surface area (Å²) in [6.07, 6.45) is 0. The van der Waals surface area contributed by atoms with E-state index in [-0.39, 0.29) is 11.9 Å². The van der Waals surface area contributed by atoms with Gasteiger partial charge in [0, 0.05) is 49.9 Å². The van der Waals surface area contributed by atoms with Crippen LogP contribution in [0.3, 0.4) is 0 Å². The fourth-order valence-corrected chi connectivity index (χ4v) is 3.31. The molecular weight excluding hydrogens is 324 g/mol. The molecule has 0 saturated carbocycles. The molecule has 1 aliphatic rings. The molecule has 1 fully saturated rings. The first-order chi connectivity index (χ1) is 11.7. The Morgan fingerprint density at radius 3 is 2.46 bits per heavy atom. The molecule has 0 aliphatic carbocycles. The Morgan fingerprint density at radius 2 is 1.79 bits per heavy atom. The second kappa shape index (κ2) is 10.2. The summed E-state index contributed by atoms with van der Waals surface area (Å²) >= 11 is 1.73. The molecular formula is C17H26N4O2S. The van der Waals surface area contributed by atoms with Crippen molar-refractivity contribution in [3.05, 3.63) is 30.3 Å². The van der Waals surface area contributed by atoms with Gasteiger partial charge in [-0.15, -0.1) is 11.8 Å². The molecule has 24 heavy (non-hydrogen) atoms. The summed E-state index contributed by atoms with van der Waals surface area (Å²) in [5.41, 5.74) is 0. The summed E-state index contributed by atoms with van der Waals surface area (Å²) in [7, 11) is 0. The number of hydrogen-bond donors (Lipinski definition) is 2. The monoisotopic (exact) mass is 350 g/mol. The van der Waals surface area contributed by atoms with Crippen LogP contribution in [0.25, 0.3) is 0 Å². The molecule has 0 radical (unpaired) electrons. The number of piperazine rings is 1. The second-order valence-corrected chi connectivity index (χ2v) is 6.78. The van der Waals surface area contributed by atoms with Crippen molar-refractivity contribution >= 4 is 23.7 Å². The Balaban J connectivity index is 1.59. The largest absolute Gasteiger partial charge is 0.355 e. The average Bonchev–Trinajstić information content (AvgIpc) is 2.60. The molecule has 0 bridgehead atoms. The first kappa shape index (κ1) is 18.6. The minimum Gasteiger partial charge on any atom is -0.355 e. The number of likely N-dealkylation sites (N-methyl/N-ethyl adjacent to an activating group) is 1. The zero-order valence-corrected chi connectivity index (χ0v) is 15.0. The number of rotatable bonds is 7. The van der Waals surface area contributed by atoms with Gasteiger partial charge in [0.15, 0.2) is 0 Å². The maximum absolute atomic E-state index is 12.1. The van der Waals surface area contributed by atoms with Gasteiger partial charge in [0.2, 0.25) is 5.91 Å². The number of thioether (sulfide) groups is 1. The van der Waals surface area contributed by atoms with Gasteiger partial charge < -0.3 is 15.5 Å². The summed E-state index contributed by atoms with van der Waals surface area (Å²) in [5, 5.41) is 5.77. The van der Waals surface area contributed by atoms with Crippen molar-refractivity contribution in [3.8, 4) is 0 Å². The summed E-state index contributed by atoms with van der Waals surface area (Å²) in [6.45, 7) is 6.44. The normalized spacial score (nSPS) is 15.1. The lowest BCUT2D eigenvalue weighted by atomic mass is 10.3. The number of carbonyl (C=O) groups is 2. The smallest absolute Gasteiger partial charge is 0.317 e. The highest BCUT2D eigenvalue weighted by molar-refractivity contribution is 7.99. The predicted octanol–water partition coefficient (Wildman–Crippen LogP) is 1.24. The van der Waals surface area contributed by atoms with E-state index in [1.807, 2.05) is 30.0 Å². The molecule has 1 aromatic rings. The fraction of sp³-hybridized carbons (Fsp3) is 0.529. The van der Waals surface area contributed by atoms with Crippen LogP contribution >= 0.6 is 11.8 Å². The van der Waals surface area contributed by atoms with E-state index in [2.05, 4.69) is 27.7 Å². The third kappa shape index (κ3) is 6.41. The van der Waals surface area contributed by atoms with Crippen LogP contribution in [0, 0.1) is 0 Å². The molecule has 132 valence electrons. The van der Waals surface area contributed by atoms with Crippen molar-refractivity contribution in [2.75, 3.05) is 51.6 Å². The van der Waals surface area contributed by atoms with Gasteiger partial charge in [0.05, 0.1) is 6.54 Å². The maximum atomic E-state index is 12.1. The van der Waals surface area contributed by atoms with Crippen LogP contribution in [0.5, 0.6) is 0 Å². The van der Waals surface area contributed by atoms with Crippen LogP contribution in [0.15, 0.2) is 35.2 Å². The Labute approximate surface area is 148 Å². The molecule has 0 aromatic heterocycles. The molecule has 0 spiro atoms. The minimum absolute atomic E-state index is 0.0127. The van der Waals surface area contributed by atoms with Gasteiger partial charge in [0.1, 0.15) is 0 Å². The number of hydrogen-bond acceptors (Lipinski definition) is 4. The lowest BCUT2D eigenvalue weighted by Crippen LogP contribution is -2.53. The zero-order valence-electron chi connectivity index (χ0n) is 14.2. The van der Waals surface area contributed by atoms with Crippen LogP contribution in [0.4, 0.5) is 4.79 Å². The maximum Gasteiger partial charge on any atom is 0.317 e. The van der Waals surface area contributed by atoms with E-state index < -0.39 is 0 Å². The van der Waals surface area contributed by atoms with Gasteiger partial charge in [-0.25, -0.2) is 4.79 Å². The molecule has 1 saturated heterocycles. The van der Waals surface area contributed by atoms with Crippen molar-refractivity contribution < 1.29 is 9.59 Å². The van der Waals surface area contributed by atoms with Crippen molar-refractivity contribution in [2.24, 2.45) is 0 Å². The minimum atomic E-state index is -0.0127. The number of carbonyl (C=O) groups excluding carboxylic acids is 2. The summed E-state index contributed by atoms with van der Waals surface area (Å²) < 4.78 is 0. The quantitative estimate of drug-likeness (QED) is 0.574. The number of benzene rings is 1. The van der Waals surface area contributed by atoms with Gasteiger partial charge >= 0.3 is 6.03 Å². The summed E-state index contributed by atoms with van der Waals surface area (Å²) in [5.74, 6) is 0.903. The highest BCUT2D eigenvalue weighted by atomic mass is 32.2. The van der Waals surface area contributed by atoms with Crippen molar-refractivity contribution in [1.29, 1.82) is 0 Å². The van der Waals surface area contributed by atoms with Crippen LogP contribution in [0.1, 0.15) is 6.92 Å². The third-order valence-electron chi connectivity index (χ3n) is 3.79. The Morgan fingerprint density at radius 1 is 1.08 bits per heavy atom. The molecule has 0 atom stereocenters. The van der Waals surface area contributed by atoms with Gasteiger partial charge in [-0.05, 0) is 19.1 Å². The van der Waals surface area contributed by atoms with Crippen LogP contribution in [-0.2, 0) is 4.79 Å². The molecule has 3 amide bonds. The highest BCUT2D eigenvalue weighted by Crippen LogP contribution is 2.15. The molecule has 1 heterocycles. The molecule has 1 aliphatic heterocycles. The predicted molar refractivity (Wildman–Crippen MR) is 97.3 cm³/mol. The van der Waals surface area contributed by atoms with Gasteiger partial charge in [-0.2, -0.15) is 0 Å². The van der Waals surface area contributed by atoms with E-state index >= 15 is 0 Å². The van der Waals surface area contributed by atoms with Gasteiger partial charge in [-0.1, -0.05) is 18.2 Å². The van der Waals surface area contributed by atoms with E-state index in [1.165, 1.54) is 4.90 Å². The zero-order chi connectivity index (χ0) is 17.2. The lowest BCUT2D eigenvalue weighted by Gasteiger charge is -2.34. The molecule has 2 N–H and O–H groups in total. The average molecular weight is 350 g/mol.